The van der Waals surface area contributed by atoms with Crippen LogP contribution >= 0.6 is 24.0 Å². The molecular formula is C20H20F2IN5. The van der Waals surface area contributed by atoms with Crippen molar-refractivity contribution in [2.45, 2.75) is 13.0 Å². The number of fused-ring (bicyclic) bond motifs is 1. The highest BCUT2D eigenvalue weighted by Crippen LogP contribution is 2.19. The van der Waals surface area contributed by atoms with Gasteiger partial charge in [0.15, 0.2) is 5.96 Å². The van der Waals surface area contributed by atoms with E-state index in [1.54, 1.807) is 25.2 Å². The molecule has 0 radical (unpaired) electrons. The van der Waals surface area contributed by atoms with Crippen LogP contribution in [0, 0.1) is 23.0 Å². The Bertz CT molecular complexity index is 1020. The molecule has 0 atom stereocenters. The van der Waals surface area contributed by atoms with E-state index < -0.39 is 5.82 Å². The zero-order valence-electron chi connectivity index (χ0n) is 15.2. The average molecular weight is 495 g/mol. The number of aromatic nitrogens is 1. The first kappa shape index (κ1) is 21.6. The number of halogens is 3. The lowest BCUT2D eigenvalue weighted by Gasteiger charge is -2.12. The number of benzene rings is 2. The second-order valence-electron chi connectivity index (χ2n) is 6.02. The molecule has 0 aliphatic carbocycles. The third kappa shape index (κ3) is 5.19. The topological polar surface area (TPSA) is 76.0 Å². The summed E-state index contributed by atoms with van der Waals surface area (Å²) in [4.78, 5) is 7.19. The molecule has 28 heavy (non-hydrogen) atoms. The predicted molar refractivity (Wildman–Crippen MR) is 117 cm³/mol. The highest BCUT2D eigenvalue weighted by molar-refractivity contribution is 14.0. The van der Waals surface area contributed by atoms with Crippen LogP contribution in [-0.2, 0) is 13.0 Å². The van der Waals surface area contributed by atoms with Crippen molar-refractivity contribution < 1.29 is 8.78 Å². The molecule has 8 heteroatoms. The van der Waals surface area contributed by atoms with Crippen molar-refractivity contribution in [1.82, 2.24) is 15.6 Å². The Morgan fingerprint density at radius 2 is 1.96 bits per heavy atom. The van der Waals surface area contributed by atoms with Crippen LogP contribution in [0.3, 0.4) is 0 Å². The van der Waals surface area contributed by atoms with Gasteiger partial charge in [-0.2, -0.15) is 5.26 Å². The standard InChI is InChI=1S/C20H19F2N5.HI/c1-24-20(27-12-15-3-2-13(10-23)8-18(15)22)25-7-6-14-11-26-19-9-16(21)4-5-17(14)19;/h2-5,8-9,11,26H,6-7,12H2,1H3,(H2,24,25,27);1H. The van der Waals surface area contributed by atoms with Gasteiger partial charge in [0, 0.05) is 42.8 Å². The first-order valence-electron chi connectivity index (χ1n) is 8.49. The molecule has 0 unspecified atom stereocenters. The van der Waals surface area contributed by atoms with Crippen LogP contribution in [0.4, 0.5) is 8.78 Å². The SMILES string of the molecule is CN=C(NCCc1c[nH]c2cc(F)ccc12)NCc1ccc(C#N)cc1F.I. The molecule has 1 aromatic heterocycles. The fraction of sp³-hybridized carbons (Fsp3) is 0.200. The maximum Gasteiger partial charge on any atom is 0.191 e. The van der Waals surface area contributed by atoms with Gasteiger partial charge < -0.3 is 15.6 Å². The molecule has 0 saturated heterocycles. The number of nitriles is 1. The lowest BCUT2D eigenvalue weighted by Crippen LogP contribution is -2.38. The minimum atomic E-state index is -0.428. The number of hydrogen-bond donors (Lipinski definition) is 3. The molecule has 0 spiro atoms. The first-order valence-corrected chi connectivity index (χ1v) is 8.49. The number of nitrogens with zero attached hydrogens (tertiary/aromatic N) is 2. The minimum absolute atomic E-state index is 0. The molecule has 3 N–H and O–H groups in total. The van der Waals surface area contributed by atoms with Gasteiger partial charge in [-0.25, -0.2) is 8.78 Å². The number of aromatic amines is 1. The molecule has 0 saturated carbocycles. The fourth-order valence-corrected chi connectivity index (χ4v) is 2.84. The maximum atomic E-state index is 13.9. The van der Waals surface area contributed by atoms with Crippen LogP contribution in [0.1, 0.15) is 16.7 Å². The minimum Gasteiger partial charge on any atom is -0.361 e. The number of nitrogens with one attached hydrogen (secondary N) is 3. The van der Waals surface area contributed by atoms with Crippen molar-refractivity contribution in [3.05, 3.63) is 70.9 Å². The molecular weight excluding hydrogens is 475 g/mol. The van der Waals surface area contributed by atoms with Crippen molar-refractivity contribution in [3.8, 4) is 6.07 Å². The van der Waals surface area contributed by atoms with E-state index in [1.165, 1.54) is 18.2 Å². The van der Waals surface area contributed by atoms with E-state index in [0.717, 1.165) is 22.9 Å². The highest BCUT2D eigenvalue weighted by Gasteiger charge is 2.07. The van der Waals surface area contributed by atoms with E-state index in [4.69, 9.17) is 5.26 Å². The predicted octanol–water partition coefficient (Wildman–Crippen LogP) is 3.84. The Balaban J connectivity index is 0.00000280. The van der Waals surface area contributed by atoms with Crippen LogP contribution < -0.4 is 10.6 Å². The van der Waals surface area contributed by atoms with Crippen molar-refractivity contribution in [1.29, 1.82) is 5.26 Å². The largest absolute Gasteiger partial charge is 0.361 e. The van der Waals surface area contributed by atoms with Crippen LogP contribution in [0.2, 0.25) is 0 Å². The third-order valence-electron chi connectivity index (χ3n) is 4.27. The summed E-state index contributed by atoms with van der Waals surface area (Å²) in [5.74, 6) is -0.152. The number of hydrogen-bond acceptors (Lipinski definition) is 2. The molecule has 3 aromatic rings. The summed E-state index contributed by atoms with van der Waals surface area (Å²) >= 11 is 0. The molecule has 3 rings (SSSR count). The number of guanidine groups is 1. The summed E-state index contributed by atoms with van der Waals surface area (Å²) in [5.41, 5.74) is 2.59. The molecule has 1 heterocycles. The summed E-state index contributed by atoms with van der Waals surface area (Å²) in [6.45, 7) is 0.865. The number of H-pyrrole nitrogens is 1. The first-order chi connectivity index (χ1) is 13.1. The quantitative estimate of drug-likeness (QED) is 0.286. The molecule has 0 fully saturated rings. The summed E-state index contributed by atoms with van der Waals surface area (Å²) in [6, 6.07) is 11.0. The smallest absolute Gasteiger partial charge is 0.191 e. The van der Waals surface area contributed by atoms with Crippen LogP contribution in [0.15, 0.2) is 47.6 Å². The summed E-state index contributed by atoms with van der Waals surface area (Å²) in [6.07, 6.45) is 2.59. The summed E-state index contributed by atoms with van der Waals surface area (Å²) < 4.78 is 27.2. The zero-order chi connectivity index (χ0) is 19.2. The lowest BCUT2D eigenvalue weighted by molar-refractivity contribution is 0.604. The Morgan fingerprint density at radius 3 is 2.68 bits per heavy atom. The van der Waals surface area contributed by atoms with Gasteiger partial charge in [0.25, 0.3) is 0 Å². The molecule has 5 nitrogen and oxygen atoms in total. The third-order valence-corrected chi connectivity index (χ3v) is 4.27. The van der Waals surface area contributed by atoms with E-state index in [-0.39, 0.29) is 41.9 Å². The van der Waals surface area contributed by atoms with E-state index in [2.05, 4.69) is 20.6 Å². The summed E-state index contributed by atoms with van der Waals surface area (Å²) in [5, 5.41) is 16.0. The highest BCUT2D eigenvalue weighted by atomic mass is 127. The second kappa shape index (κ2) is 10.0. The lowest BCUT2D eigenvalue weighted by atomic mass is 10.1. The van der Waals surface area contributed by atoms with Gasteiger partial charge in [-0.15, -0.1) is 24.0 Å². The molecule has 0 aliphatic rings. The van der Waals surface area contributed by atoms with Gasteiger partial charge in [-0.3, -0.25) is 4.99 Å². The molecule has 0 aliphatic heterocycles. The van der Waals surface area contributed by atoms with Crippen LogP contribution in [0.5, 0.6) is 0 Å². The van der Waals surface area contributed by atoms with Crippen molar-refractivity contribution >= 4 is 40.8 Å². The van der Waals surface area contributed by atoms with E-state index in [9.17, 15) is 8.78 Å². The van der Waals surface area contributed by atoms with E-state index in [1.807, 2.05) is 12.3 Å². The summed E-state index contributed by atoms with van der Waals surface area (Å²) in [7, 11) is 1.64. The van der Waals surface area contributed by atoms with E-state index in [0.29, 0.717) is 18.1 Å². The van der Waals surface area contributed by atoms with E-state index >= 15 is 0 Å². The van der Waals surface area contributed by atoms with Gasteiger partial charge in [0.2, 0.25) is 0 Å². The molecule has 0 bridgehead atoms. The van der Waals surface area contributed by atoms with Gasteiger partial charge in [-0.1, -0.05) is 6.07 Å². The van der Waals surface area contributed by atoms with Gasteiger partial charge in [0.1, 0.15) is 11.6 Å². The Hall–Kier alpha value is -2.67. The second-order valence-corrected chi connectivity index (χ2v) is 6.02. The van der Waals surface area contributed by atoms with Gasteiger partial charge in [0.05, 0.1) is 11.6 Å². The van der Waals surface area contributed by atoms with Gasteiger partial charge in [-0.05, 0) is 42.3 Å². The molecule has 0 amide bonds. The number of rotatable bonds is 5. The molecule has 2 aromatic carbocycles. The van der Waals surface area contributed by atoms with Crippen molar-refractivity contribution in [2.24, 2.45) is 4.99 Å². The van der Waals surface area contributed by atoms with Gasteiger partial charge >= 0.3 is 0 Å². The maximum absolute atomic E-state index is 13.9. The normalized spacial score (nSPS) is 11.0. The Morgan fingerprint density at radius 1 is 1.14 bits per heavy atom. The monoisotopic (exact) mass is 495 g/mol. The Kier molecular flexibility index (Phi) is 7.75. The zero-order valence-corrected chi connectivity index (χ0v) is 17.6. The van der Waals surface area contributed by atoms with Crippen molar-refractivity contribution in [2.75, 3.05) is 13.6 Å². The van der Waals surface area contributed by atoms with Crippen molar-refractivity contribution in [3.63, 3.8) is 0 Å². The fourth-order valence-electron chi connectivity index (χ4n) is 2.84. The Labute approximate surface area is 178 Å². The number of aliphatic imine (C=N–C) groups is 1. The van der Waals surface area contributed by atoms with Crippen LogP contribution in [-0.4, -0.2) is 24.5 Å². The molecule has 146 valence electrons. The average Bonchev–Trinajstić information content (AvgIpc) is 3.07. The van der Waals surface area contributed by atoms with Crippen LogP contribution in [0.25, 0.3) is 10.9 Å².